The second-order valence-corrected chi connectivity index (χ2v) is 7.21. The number of pyridine rings is 2. The molecule has 3 nitrogen and oxygen atoms in total. The molecule has 0 N–H and O–H groups in total. The summed E-state index contributed by atoms with van der Waals surface area (Å²) in [5.41, 5.74) is 6.10. The molecule has 0 aliphatic heterocycles. The van der Waals surface area contributed by atoms with Gasteiger partial charge >= 0.3 is 0 Å². The third kappa shape index (κ3) is 2.07. The Bertz CT molecular complexity index is 1250. The fourth-order valence-electron chi connectivity index (χ4n) is 3.78. The van der Waals surface area contributed by atoms with E-state index in [0.29, 0.717) is 0 Å². The van der Waals surface area contributed by atoms with E-state index in [0.717, 1.165) is 33.3 Å². The molecular weight excluding hydrogens is 318 g/mol. The van der Waals surface area contributed by atoms with E-state index >= 15 is 0 Å². The lowest BCUT2D eigenvalue weighted by Crippen LogP contribution is -2.21. The maximum atomic E-state index is 5.11. The zero-order valence-electron chi connectivity index (χ0n) is 14.8. The number of imidazole rings is 1. The summed E-state index contributed by atoms with van der Waals surface area (Å²) in [7, 11) is 0. The van der Waals surface area contributed by atoms with Gasteiger partial charge in [-0.1, -0.05) is 68.4 Å². The molecule has 2 aromatic carbocycles. The van der Waals surface area contributed by atoms with Crippen LogP contribution >= 0.6 is 0 Å². The number of hydrogen-bond donors (Lipinski definition) is 0. The Morgan fingerprint density at radius 2 is 1.50 bits per heavy atom. The van der Waals surface area contributed by atoms with E-state index in [9.17, 15) is 0 Å². The third-order valence-corrected chi connectivity index (χ3v) is 5.23. The highest BCUT2D eigenvalue weighted by atomic mass is 15.0. The van der Waals surface area contributed by atoms with Crippen LogP contribution in [0.5, 0.6) is 0 Å². The molecule has 3 aromatic heterocycles. The Kier molecular flexibility index (Phi) is 3.13. The minimum absolute atomic E-state index is 0.241. The molecule has 0 saturated heterocycles. The molecular formula is C23H19N3. The first kappa shape index (κ1) is 15.1. The normalized spacial score (nSPS) is 12.2. The topological polar surface area (TPSA) is 30.2 Å². The Labute approximate surface area is 152 Å². The van der Waals surface area contributed by atoms with Crippen LogP contribution in [0.25, 0.3) is 27.6 Å². The smallest absolute Gasteiger partial charge is 0.137 e. The van der Waals surface area contributed by atoms with Gasteiger partial charge in [0.1, 0.15) is 11.2 Å². The number of aromatic nitrogens is 3. The van der Waals surface area contributed by atoms with E-state index in [-0.39, 0.29) is 5.41 Å². The number of para-hydroxylation sites is 1. The number of nitrogens with zero attached hydrogens (tertiary/aromatic N) is 3. The van der Waals surface area contributed by atoms with Crippen molar-refractivity contribution in [3.8, 4) is 0 Å². The SMILES string of the molecule is CC(C)(c1ccccc1)c1nc2ccccc2c2nc3ccccn3c12. The van der Waals surface area contributed by atoms with Gasteiger partial charge in [-0.2, -0.15) is 0 Å². The average Bonchev–Trinajstić information content (AvgIpc) is 3.08. The van der Waals surface area contributed by atoms with E-state index in [2.05, 4.69) is 73.0 Å². The Hall–Kier alpha value is -3.20. The van der Waals surface area contributed by atoms with Crippen molar-refractivity contribution < 1.29 is 0 Å². The lowest BCUT2D eigenvalue weighted by molar-refractivity contribution is 0.624. The van der Waals surface area contributed by atoms with Gasteiger partial charge in [0.15, 0.2) is 0 Å². The molecule has 5 aromatic rings. The first-order valence-corrected chi connectivity index (χ1v) is 8.88. The Morgan fingerprint density at radius 1 is 0.769 bits per heavy atom. The lowest BCUT2D eigenvalue weighted by atomic mass is 9.80. The van der Waals surface area contributed by atoms with Gasteiger partial charge in [0.2, 0.25) is 0 Å². The van der Waals surface area contributed by atoms with Crippen LogP contribution in [0.4, 0.5) is 0 Å². The minimum Gasteiger partial charge on any atom is -0.298 e. The van der Waals surface area contributed by atoms with Crippen LogP contribution in [0.2, 0.25) is 0 Å². The van der Waals surface area contributed by atoms with E-state index in [1.165, 1.54) is 5.56 Å². The maximum absolute atomic E-state index is 5.11. The van der Waals surface area contributed by atoms with Crippen LogP contribution in [0.1, 0.15) is 25.1 Å². The van der Waals surface area contributed by atoms with Gasteiger partial charge in [0, 0.05) is 17.0 Å². The van der Waals surface area contributed by atoms with Crippen molar-refractivity contribution in [1.29, 1.82) is 0 Å². The highest BCUT2D eigenvalue weighted by Crippen LogP contribution is 2.37. The monoisotopic (exact) mass is 337 g/mol. The molecule has 3 heteroatoms. The van der Waals surface area contributed by atoms with Gasteiger partial charge in [-0.15, -0.1) is 0 Å². The molecule has 3 heterocycles. The fourth-order valence-corrected chi connectivity index (χ4v) is 3.78. The summed E-state index contributed by atoms with van der Waals surface area (Å²) in [5, 5.41) is 1.10. The van der Waals surface area contributed by atoms with Crippen LogP contribution in [0.15, 0.2) is 79.0 Å². The van der Waals surface area contributed by atoms with Gasteiger partial charge in [-0.05, 0) is 23.8 Å². The third-order valence-electron chi connectivity index (χ3n) is 5.23. The summed E-state index contributed by atoms with van der Waals surface area (Å²) in [6, 6.07) is 25.0. The van der Waals surface area contributed by atoms with E-state index in [1.54, 1.807) is 0 Å². The average molecular weight is 337 g/mol. The zero-order valence-corrected chi connectivity index (χ0v) is 14.8. The first-order valence-electron chi connectivity index (χ1n) is 8.88. The molecule has 0 fully saturated rings. The molecule has 126 valence electrons. The summed E-state index contributed by atoms with van der Waals surface area (Å²) in [6.45, 7) is 4.47. The lowest BCUT2D eigenvalue weighted by Gasteiger charge is -2.26. The van der Waals surface area contributed by atoms with Crippen LogP contribution in [-0.2, 0) is 5.41 Å². The van der Waals surface area contributed by atoms with Crippen molar-refractivity contribution in [2.24, 2.45) is 0 Å². The van der Waals surface area contributed by atoms with Crippen LogP contribution in [-0.4, -0.2) is 14.4 Å². The Morgan fingerprint density at radius 3 is 2.35 bits per heavy atom. The molecule has 0 spiro atoms. The minimum atomic E-state index is -0.241. The number of fused-ring (bicyclic) bond motifs is 5. The van der Waals surface area contributed by atoms with Crippen molar-refractivity contribution in [1.82, 2.24) is 14.4 Å². The molecule has 0 saturated carbocycles. The van der Waals surface area contributed by atoms with Crippen LogP contribution < -0.4 is 0 Å². The quantitative estimate of drug-likeness (QED) is 0.434. The van der Waals surface area contributed by atoms with Crippen LogP contribution in [0, 0.1) is 0 Å². The van der Waals surface area contributed by atoms with Gasteiger partial charge in [-0.25, -0.2) is 9.97 Å². The number of hydrogen-bond acceptors (Lipinski definition) is 2. The maximum Gasteiger partial charge on any atom is 0.137 e. The van der Waals surface area contributed by atoms with Crippen molar-refractivity contribution >= 4 is 27.6 Å². The number of rotatable bonds is 2. The molecule has 0 aliphatic carbocycles. The molecule has 0 bridgehead atoms. The first-order chi connectivity index (χ1) is 12.7. The van der Waals surface area contributed by atoms with Crippen molar-refractivity contribution in [3.63, 3.8) is 0 Å². The molecule has 0 unspecified atom stereocenters. The molecule has 5 rings (SSSR count). The van der Waals surface area contributed by atoms with Crippen molar-refractivity contribution in [2.45, 2.75) is 19.3 Å². The fraction of sp³-hybridized carbons (Fsp3) is 0.130. The van der Waals surface area contributed by atoms with Gasteiger partial charge in [-0.3, -0.25) is 4.40 Å². The van der Waals surface area contributed by atoms with E-state index < -0.39 is 0 Å². The molecule has 0 amide bonds. The van der Waals surface area contributed by atoms with E-state index in [1.807, 2.05) is 24.3 Å². The summed E-state index contributed by atoms with van der Waals surface area (Å²) >= 11 is 0. The molecule has 0 aliphatic rings. The van der Waals surface area contributed by atoms with Crippen molar-refractivity contribution in [2.75, 3.05) is 0 Å². The summed E-state index contributed by atoms with van der Waals surface area (Å²) in [4.78, 5) is 10.0. The molecule has 0 atom stereocenters. The van der Waals surface area contributed by atoms with Crippen LogP contribution in [0.3, 0.4) is 0 Å². The Balaban J connectivity index is 1.98. The highest BCUT2D eigenvalue weighted by Gasteiger charge is 2.29. The van der Waals surface area contributed by atoms with Gasteiger partial charge in [0.05, 0.1) is 16.7 Å². The summed E-state index contributed by atoms with van der Waals surface area (Å²) < 4.78 is 2.16. The second-order valence-electron chi connectivity index (χ2n) is 7.21. The standard InChI is InChI=1S/C23H19N3/c1-23(2,16-10-4-3-5-11-16)22-21-20(17-12-6-7-13-18(17)24-22)25-19-14-8-9-15-26(19)21/h3-15H,1-2H3. The second kappa shape index (κ2) is 5.40. The zero-order chi connectivity index (χ0) is 17.7. The summed E-state index contributed by atoms with van der Waals surface area (Å²) in [6.07, 6.45) is 2.08. The predicted octanol–water partition coefficient (Wildman–Crippen LogP) is 5.36. The largest absolute Gasteiger partial charge is 0.298 e. The highest BCUT2D eigenvalue weighted by molar-refractivity contribution is 6.05. The predicted molar refractivity (Wildman–Crippen MR) is 107 cm³/mol. The van der Waals surface area contributed by atoms with Gasteiger partial charge in [0.25, 0.3) is 0 Å². The number of benzene rings is 2. The van der Waals surface area contributed by atoms with E-state index in [4.69, 9.17) is 9.97 Å². The molecule has 0 radical (unpaired) electrons. The summed E-state index contributed by atoms with van der Waals surface area (Å²) in [5.74, 6) is 0. The molecule has 26 heavy (non-hydrogen) atoms. The van der Waals surface area contributed by atoms with Gasteiger partial charge < -0.3 is 0 Å². The van der Waals surface area contributed by atoms with Crippen molar-refractivity contribution in [3.05, 3.63) is 90.3 Å².